The Balaban J connectivity index is 1.96. The second kappa shape index (κ2) is 4.60. The molecule has 106 valence electrons. The fraction of sp³-hybridized carbons (Fsp3) is 0.133. The van der Waals surface area contributed by atoms with E-state index in [-0.39, 0.29) is 5.82 Å². The number of ether oxygens (including phenoxy) is 2. The van der Waals surface area contributed by atoms with E-state index in [9.17, 15) is 4.39 Å². The molecule has 21 heavy (non-hydrogen) atoms. The molecule has 2 aromatic carbocycles. The van der Waals surface area contributed by atoms with Gasteiger partial charge in [-0.2, -0.15) is 0 Å². The number of aromatic nitrogens is 2. The standard InChI is InChI=1S/C15H11FN2O2S/c16-9-1-3-11-12(7-9)18(15(21)17-11)10-2-4-13-14(8-10)20-6-5-19-13/h1-4,7-8H,5-6H2,(H,17,21). The summed E-state index contributed by atoms with van der Waals surface area (Å²) < 4.78 is 26.9. The van der Waals surface area contributed by atoms with E-state index in [4.69, 9.17) is 21.7 Å². The van der Waals surface area contributed by atoms with Crippen molar-refractivity contribution in [2.45, 2.75) is 0 Å². The molecule has 1 aromatic heterocycles. The van der Waals surface area contributed by atoms with Crippen LogP contribution in [-0.2, 0) is 0 Å². The molecular formula is C15H11FN2O2S. The number of rotatable bonds is 1. The van der Waals surface area contributed by atoms with Crippen LogP contribution < -0.4 is 9.47 Å². The van der Waals surface area contributed by atoms with Crippen LogP contribution in [0.1, 0.15) is 0 Å². The van der Waals surface area contributed by atoms with E-state index < -0.39 is 0 Å². The molecule has 0 saturated heterocycles. The molecule has 1 aliphatic heterocycles. The zero-order valence-electron chi connectivity index (χ0n) is 10.9. The Kier molecular flexibility index (Phi) is 2.71. The van der Waals surface area contributed by atoms with Gasteiger partial charge in [-0.3, -0.25) is 4.57 Å². The van der Waals surface area contributed by atoms with E-state index in [0.29, 0.717) is 35.0 Å². The lowest BCUT2D eigenvalue weighted by Gasteiger charge is -2.19. The second-order valence-corrected chi connectivity index (χ2v) is 5.14. The maximum absolute atomic E-state index is 13.5. The maximum atomic E-state index is 13.5. The predicted molar refractivity (Wildman–Crippen MR) is 79.4 cm³/mol. The van der Waals surface area contributed by atoms with Crippen LogP contribution in [0.3, 0.4) is 0 Å². The first-order chi connectivity index (χ1) is 10.2. The summed E-state index contributed by atoms with van der Waals surface area (Å²) >= 11 is 5.35. The minimum Gasteiger partial charge on any atom is -0.486 e. The number of H-pyrrole nitrogens is 1. The summed E-state index contributed by atoms with van der Waals surface area (Å²) in [6, 6.07) is 10.1. The van der Waals surface area contributed by atoms with Crippen molar-refractivity contribution in [2.75, 3.05) is 13.2 Å². The molecule has 4 nitrogen and oxygen atoms in total. The quantitative estimate of drug-likeness (QED) is 0.698. The maximum Gasteiger partial charge on any atom is 0.182 e. The fourth-order valence-corrected chi connectivity index (χ4v) is 2.82. The monoisotopic (exact) mass is 302 g/mol. The Morgan fingerprint density at radius 2 is 1.86 bits per heavy atom. The Morgan fingerprint density at radius 1 is 1.05 bits per heavy atom. The first-order valence-corrected chi connectivity index (χ1v) is 6.93. The van der Waals surface area contributed by atoms with Crippen molar-refractivity contribution in [1.82, 2.24) is 9.55 Å². The van der Waals surface area contributed by atoms with E-state index in [1.54, 1.807) is 10.6 Å². The Hall–Kier alpha value is -2.34. The van der Waals surface area contributed by atoms with Gasteiger partial charge >= 0.3 is 0 Å². The molecule has 0 radical (unpaired) electrons. The average Bonchev–Trinajstić information content (AvgIpc) is 2.82. The number of nitrogens with zero attached hydrogens (tertiary/aromatic N) is 1. The minimum atomic E-state index is -0.303. The van der Waals surface area contributed by atoms with E-state index in [2.05, 4.69) is 4.98 Å². The number of hydrogen-bond acceptors (Lipinski definition) is 3. The lowest BCUT2D eigenvalue weighted by atomic mass is 10.2. The van der Waals surface area contributed by atoms with E-state index in [0.717, 1.165) is 11.2 Å². The highest BCUT2D eigenvalue weighted by Gasteiger charge is 2.14. The molecule has 4 rings (SSSR count). The lowest BCUT2D eigenvalue weighted by molar-refractivity contribution is 0.171. The van der Waals surface area contributed by atoms with Gasteiger partial charge in [0.2, 0.25) is 0 Å². The molecule has 0 amide bonds. The van der Waals surface area contributed by atoms with Crippen molar-refractivity contribution < 1.29 is 13.9 Å². The summed E-state index contributed by atoms with van der Waals surface area (Å²) in [5.74, 6) is 1.08. The highest BCUT2D eigenvalue weighted by molar-refractivity contribution is 7.71. The van der Waals surface area contributed by atoms with Crippen molar-refractivity contribution in [3.63, 3.8) is 0 Å². The molecule has 1 aliphatic rings. The molecule has 1 N–H and O–H groups in total. The Morgan fingerprint density at radius 3 is 2.71 bits per heavy atom. The van der Waals surface area contributed by atoms with Crippen molar-refractivity contribution >= 4 is 23.3 Å². The first kappa shape index (κ1) is 12.4. The molecule has 6 heteroatoms. The zero-order chi connectivity index (χ0) is 14.4. The third-order valence-corrected chi connectivity index (χ3v) is 3.71. The lowest BCUT2D eigenvalue weighted by Crippen LogP contribution is -2.15. The van der Waals surface area contributed by atoms with Gasteiger partial charge in [0.05, 0.1) is 16.7 Å². The summed E-state index contributed by atoms with van der Waals surface area (Å²) in [6.45, 7) is 1.06. The van der Waals surface area contributed by atoms with Crippen LogP contribution in [0.4, 0.5) is 4.39 Å². The van der Waals surface area contributed by atoms with Gasteiger partial charge in [-0.25, -0.2) is 4.39 Å². The SMILES string of the molecule is Fc1ccc2[nH]c(=S)n(-c3ccc4c(c3)OCCO4)c2c1. The van der Waals surface area contributed by atoms with E-state index in [1.807, 2.05) is 18.2 Å². The normalized spacial score (nSPS) is 13.6. The van der Waals surface area contributed by atoms with E-state index in [1.165, 1.54) is 12.1 Å². The largest absolute Gasteiger partial charge is 0.486 e. The Bertz CT molecular complexity index is 900. The van der Waals surface area contributed by atoms with Crippen LogP contribution in [0.2, 0.25) is 0 Å². The number of aromatic amines is 1. The molecule has 0 spiro atoms. The van der Waals surface area contributed by atoms with Gasteiger partial charge in [-0.15, -0.1) is 0 Å². The average molecular weight is 302 g/mol. The molecule has 0 fully saturated rings. The Labute approximate surface area is 124 Å². The van der Waals surface area contributed by atoms with Crippen molar-refractivity contribution in [2.24, 2.45) is 0 Å². The summed E-state index contributed by atoms with van der Waals surface area (Å²) in [4.78, 5) is 3.07. The highest BCUT2D eigenvalue weighted by atomic mass is 32.1. The summed E-state index contributed by atoms with van der Waals surface area (Å²) in [6.07, 6.45) is 0. The summed E-state index contributed by atoms with van der Waals surface area (Å²) in [7, 11) is 0. The molecular weight excluding hydrogens is 291 g/mol. The topological polar surface area (TPSA) is 39.2 Å². The molecule has 0 aliphatic carbocycles. The molecule has 0 saturated carbocycles. The highest BCUT2D eigenvalue weighted by Crippen LogP contribution is 2.33. The van der Waals surface area contributed by atoms with E-state index >= 15 is 0 Å². The third kappa shape index (κ3) is 1.99. The van der Waals surface area contributed by atoms with Crippen molar-refractivity contribution in [3.8, 4) is 17.2 Å². The van der Waals surface area contributed by atoms with Crippen LogP contribution >= 0.6 is 12.2 Å². The predicted octanol–water partition coefficient (Wildman–Crippen LogP) is 3.60. The van der Waals surface area contributed by atoms with Crippen LogP contribution in [0.25, 0.3) is 16.7 Å². The number of halogens is 1. The van der Waals surface area contributed by atoms with Crippen molar-refractivity contribution in [3.05, 3.63) is 47.0 Å². The number of benzene rings is 2. The fourth-order valence-electron chi connectivity index (χ4n) is 2.50. The van der Waals surface area contributed by atoms with Crippen molar-refractivity contribution in [1.29, 1.82) is 0 Å². The first-order valence-electron chi connectivity index (χ1n) is 6.53. The second-order valence-electron chi connectivity index (χ2n) is 4.75. The summed E-state index contributed by atoms with van der Waals surface area (Å²) in [5.41, 5.74) is 2.29. The van der Waals surface area contributed by atoms with Gasteiger partial charge in [-0.05, 0) is 36.5 Å². The minimum absolute atomic E-state index is 0.303. The van der Waals surface area contributed by atoms with Crippen LogP contribution in [0.15, 0.2) is 36.4 Å². The molecule has 0 atom stereocenters. The number of fused-ring (bicyclic) bond motifs is 2. The van der Waals surface area contributed by atoms with Crippen LogP contribution in [0.5, 0.6) is 11.5 Å². The molecule has 0 unspecified atom stereocenters. The van der Waals surface area contributed by atoms with Gasteiger partial charge in [0, 0.05) is 12.1 Å². The number of imidazole rings is 1. The molecule has 2 heterocycles. The van der Waals surface area contributed by atoms with Gasteiger partial charge in [0.25, 0.3) is 0 Å². The number of nitrogens with one attached hydrogen (secondary N) is 1. The van der Waals surface area contributed by atoms with Crippen LogP contribution in [0, 0.1) is 10.6 Å². The molecule has 3 aromatic rings. The van der Waals surface area contributed by atoms with Gasteiger partial charge in [0.15, 0.2) is 16.3 Å². The van der Waals surface area contributed by atoms with Crippen LogP contribution in [-0.4, -0.2) is 22.8 Å². The third-order valence-electron chi connectivity index (χ3n) is 3.43. The van der Waals surface area contributed by atoms with Gasteiger partial charge in [-0.1, -0.05) is 0 Å². The smallest absolute Gasteiger partial charge is 0.182 e. The number of hydrogen-bond donors (Lipinski definition) is 1. The van der Waals surface area contributed by atoms with Gasteiger partial charge < -0.3 is 14.5 Å². The molecule has 0 bridgehead atoms. The van der Waals surface area contributed by atoms with Gasteiger partial charge in [0.1, 0.15) is 19.0 Å². The summed E-state index contributed by atoms with van der Waals surface area (Å²) in [5, 5.41) is 0. The zero-order valence-corrected chi connectivity index (χ0v) is 11.7.